The zero-order valence-electron chi connectivity index (χ0n) is 13.9. The number of nitrogens with one attached hydrogen (secondary N) is 1. The Bertz CT molecular complexity index is 776. The van der Waals surface area contributed by atoms with Gasteiger partial charge in [0.1, 0.15) is 11.4 Å². The van der Waals surface area contributed by atoms with Gasteiger partial charge in [0.15, 0.2) is 0 Å². The Morgan fingerprint density at radius 3 is 2.64 bits per heavy atom. The summed E-state index contributed by atoms with van der Waals surface area (Å²) in [4.78, 5) is 29.2. The number of carboxylic acids is 1. The Morgan fingerprint density at radius 1 is 1.08 bits per heavy atom. The molecule has 6 nitrogen and oxygen atoms in total. The molecule has 0 radical (unpaired) electrons. The van der Waals surface area contributed by atoms with Gasteiger partial charge in [-0.05, 0) is 36.1 Å². The topological polar surface area (TPSA) is 82.5 Å². The van der Waals surface area contributed by atoms with Crippen molar-refractivity contribution in [1.29, 1.82) is 0 Å². The third-order valence-electron chi connectivity index (χ3n) is 4.35. The van der Waals surface area contributed by atoms with Gasteiger partial charge in [0.2, 0.25) is 0 Å². The molecule has 3 rings (SSSR count). The number of hydrogen-bond donors (Lipinski definition) is 2. The van der Waals surface area contributed by atoms with Gasteiger partial charge < -0.3 is 10.4 Å². The Morgan fingerprint density at radius 2 is 1.84 bits per heavy atom. The smallest absolute Gasteiger partial charge is 0.354 e. The Balaban J connectivity index is 1.44. The number of amides is 1. The summed E-state index contributed by atoms with van der Waals surface area (Å²) in [6, 6.07) is 12.9. The molecule has 0 fully saturated rings. The summed E-state index contributed by atoms with van der Waals surface area (Å²) in [7, 11) is 0. The first-order valence-corrected chi connectivity index (χ1v) is 8.41. The summed E-state index contributed by atoms with van der Waals surface area (Å²) in [6.45, 7) is 3.44. The molecule has 0 bridgehead atoms. The van der Waals surface area contributed by atoms with Gasteiger partial charge in [-0.25, -0.2) is 9.78 Å². The van der Waals surface area contributed by atoms with Crippen LogP contribution < -0.4 is 5.32 Å². The standard InChI is InChI=1S/C19H21N3O3/c23-18(16-7-3-8-17(21-16)19(24)25)20-10-4-11-22-12-9-14-5-1-2-6-15(14)13-22/h1-3,5-8H,4,9-13H2,(H,20,23)(H,24,25). The second-order valence-corrected chi connectivity index (χ2v) is 6.12. The molecule has 1 aromatic carbocycles. The van der Waals surface area contributed by atoms with E-state index in [1.54, 1.807) is 0 Å². The number of rotatable bonds is 6. The lowest BCUT2D eigenvalue weighted by molar-refractivity contribution is 0.0690. The van der Waals surface area contributed by atoms with E-state index in [-0.39, 0.29) is 17.3 Å². The molecule has 1 amide bonds. The van der Waals surface area contributed by atoms with Crippen LogP contribution in [0.1, 0.15) is 38.5 Å². The highest BCUT2D eigenvalue weighted by Gasteiger charge is 2.15. The zero-order valence-corrected chi connectivity index (χ0v) is 13.9. The molecule has 2 aromatic rings. The first-order chi connectivity index (χ1) is 12.1. The van der Waals surface area contributed by atoms with E-state index in [0.29, 0.717) is 6.54 Å². The van der Waals surface area contributed by atoms with E-state index >= 15 is 0 Å². The lowest BCUT2D eigenvalue weighted by Gasteiger charge is -2.28. The molecular weight excluding hydrogens is 318 g/mol. The molecule has 1 aliphatic heterocycles. The number of carboxylic acid groups (broad SMARTS) is 1. The van der Waals surface area contributed by atoms with Crippen molar-refractivity contribution in [1.82, 2.24) is 15.2 Å². The third-order valence-corrected chi connectivity index (χ3v) is 4.35. The molecule has 0 spiro atoms. The van der Waals surface area contributed by atoms with Crippen LogP contribution in [-0.2, 0) is 13.0 Å². The van der Waals surface area contributed by atoms with E-state index in [0.717, 1.165) is 32.5 Å². The van der Waals surface area contributed by atoms with Gasteiger partial charge in [-0.15, -0.1) is 0 Å². The summed E-state index contributed by atoms with van der Waals surface area (Å²) >= 11 is 0. The summed E-state index contributed by atoms with van der Waals surface area (Å²) < 4.78 is 0. The van der Waals surface area contributed by atoms with Crippen LogP contribution in [-0.4, -0.2) is 46.5 Å². The fraction of sp³-hybridized carbons (Fsp3) is 0.316. The normalized spacial score (nSPS) is 13.9. The summed E-state index contributed by atoms with van der Waals surface area (Å²) in [6.07, 6.45) is 1.90. The fourth-order valence-electron chi connectivity index (χ4n) is 3.02. The Labute approximate surface area is 146 Å². The maximum absolute atomic E-state index is 12.1. The summed E-state index contributed by atoms with van der Waals surface area (Å²) in [5, 5.41) is 11.7. The van der Waals surface area contributed by atoms with Gasteiger partial charge >= 0.3 is 5.97 Å². The minimum absolute atomic E-state index is 0.125. The van der Waals surface area contributed by atoms with Gasteiger partial charge in [0.05, 0.1) is 0 Å². The van der Waals surface area contributed by atoms with Gasteiger partial charge in [-0.2, -0.15) is 0 Å². The molecule has 2 N–H and O–H groups in total. The molecule has 0 aliphatic carbocycles. The second-order valence-electron chi connectivity index (χ2n) is 6.12. The van der Waals surface area contributed by atoms with Crippen LogP contribution in [0.15, 0.2) is 42.5 Å². The Hall–Kier alpha value is -2.73. The maximum atomic E-state index is 12.1. The van der Waals surface area contributed by atoms with Crippen LogP contribution in [0.3, 0.4) is 0 Å². The quantitative estimate of drug-likeness (QED) is 0.786. The number of hydrogen-bond acceptors (Lipinski definition) is 4. The zero-order chi connectivity index (χ0) is 17.6. The van der Waals surface area contributed by atoms with E-state index in [2.05, 4.69) is 39.5 Å². The van der Waals surface area contributed by atoms with E-state index in [4.69, 9.17) is 5.11 Å². The number of benzene rings is 1. The molecule has 6 heteroatoms. The predicted octanol–water partition coefficient (Wildman–Crippen LogP) is 1.96. The lowest BCUT2D eigenvalue weighted by atomic mass is 10.00. The van der Waals surface area contributed by atoms with Gasteiger partial charge in [-0.3, -0.25) is 9.69 Å². The molecule has 0 unspecified atom stereocenters. The molecule has 130 valence electrons. The van der Waals surface area contributed by atoms with Crippen LogP contribution >= 0.6 is 0 Å². The van der Waals surface area contributed by atoms with Crippen molar-refractivity contribution in [3.63, 3.8) is 0 Å². The number of carbonyl (C=O) groups is 2. The van der Waals surface area contributed by atoms with Gasteiger partial charge in [-0.1, -0.05) is 30.3 Å². The molecule has 25 heavy (non-hydrogen) atoms. The van der Waals surface area contributed by atoms with Crippen molar-refractivity contribution >= 4 is 11.9 Å². The molecule has 0 saturated heterocycles. The number of aromatic carboxylic acids is 1. The maximum Gasteiger partial charge on any atom is 0.354 e. The molecule has 0 atom stereocenters. The largest absolute Gasteiger partial charge is 0.477 e. The number of pyridine rings is 1. The highest BCUT2D eigenvalue weighted by molar-refractivity contribution is 5.94. The van der Waals surface area contributed by atoms with Crippen LogP contribution in [0.5, 0.6) is 0 Å². The van der Waals surface area contributed by atoms with Crippen molar-refractivity contribution in [2.75, 3.05) is 19.6 Å². The third kappa shape index (κ3) is 4.42. The first kappa shape index (κ1) is 17.1. The average molecular weight is 339 g/mol. The van der Waals surface area contributed by atoms with Gasteiger partial charge in [0, 0.05) is 26.2 Å². The first-order valence-electron chi connectivity index (χ1n) is 8.41. The molecule has 0 saturated carbocycles. The monoisotopic (exact) mass is 339 g/mol. The van der Waals surface area contributed by atoms with Crippen LogP contribution in [0.2, 0.25) is 0 Å². The van der Waals surface area contributed by atoms with E-state index in [1.807, 2.05) is 0 Å². The minimum Gasteiger partial charge on any atom is -0.477 e. The van der Waals surface area contributed by atoms with Crippen molar-refractivity contribution in [2.24, 2.45) is 0 Å². The highest BCUT2D eigenvalue weighted by Crippen LogP contribution is 2.18. The number of nitrogens with zero attached hydrogens (tertiary/aromatic N) is 2. The Kier molecular flexibility index (Phi) is 5.40. The SMILES string of the molecule is O=C(O)c1cccc(C(=O)NCCCN2CCc3ccccc3C2)n1. The summed E-state index contributed by atoms with van der Waals surface area (Å²) in [5.41, 5.74) is 2.82. The average Bonchev–Trinajstić information content (AvgIpc) is 2.65. The number of aromatic nitrogens is 1. The number of fused-ring (bicyclic) bond motifs is 1. The van der Waals surface area contributed by atoms with Crippen LogP contribution in [0, 0.1) is 0 Å². The molecule has 1 aromatic heterocycles. The van der Waals surface area contributed by atoms with E-state index in [9.17, 15) is 9.59 Å². The van der Waals surface area contributed by atoms with E-state index in [1.165, 1.54) is 29.3 Å². The van der Waals surface area contributed by atoms with Crippen molar-refractivity contribution in [2.45, 2.75) is 19.4 Å². The van der Waals surface area contributed by atoms with Crippen molar-refractivity contribution < 1.29 is 14.7 Å². The minimum atomic E-state index is -1.14. The second kappa shape index (κ2) is 7.90. The van der Waals surface area contributed by atoms with E-state index < -0.39 is 5.97 Å². The predicted molar refractivity (Wildman–Crippen MR) is 93.6 cm³/mol. The van der Waals surface area contributed by atoms with Crippen LogP contribution in [0.25, 0.3) is 0 Å². The fourth-order valence-corrected chi connectivity index (χ4v) is 3.02. The van der Waals surface area contributed by atoms with Crippen LogP contribution in [0.4, 0.5) is 0 Å². The van der Waals surface area contributed by atoms with Crippen molar-refractivity contribution in [3.05, 3.63) is 65.0 Å². The number of carbonyl (C=O) groups excluding carboxylic acids is 1. The van der Waals surface area contributed by atoms with Gasteiger partial charge in [0.25, 0.3) is 5.91 Å². The molecular formula is C19H21N3O3. The van der Waals surface area contributed by atoms with Crippen molar-refractivity contribution in [3.8, 4) is 0 Å². The molecule has 2 heterocycles. The molecule has 1 aliphatic rings. The lowest BCUT2D eigenvalue weighted by Crippen LogP contribution is -2.34. The summed E-state index contributed by atoms with van der Waals surface area (Å²) in [5.74, 6) is -1.48. The highest BCUT2D eigenvalue weighted by atomic mass is 16.4.